The van der Waals surface area contributed by atoms with Gasteiger partial charge in [0.15, 0.2) is 5.13 Å². The molecule has 9 heteroatoms. The Hall–Kier alpha value is -4.11. The first-order chi connectivity index (χ1) is 17.4. The van der Waals surface area contributed by atoms with Crippen LogP contribution in [-0.2, 0) is 9.59 Å². The van der Waals surface area contributed by atoms with Crippen LogP contribution in [0.2, 0.25) is 0 Å². The highest BCUT2D eigenvalue weighted by Crippen LogP contribution is 2.44. The van der Waals surface area contributed by atoms with Crippen LogP contribution in [0.25, 0.3) is 16.0 Å². The van der Waals surface area contributed by atoms with E-state index in [1.165, 1.54) is 35.2 Å². The monoisotopic (exact) mass is 506 g/mol. The van der Waals surface area contributed by atoms with Gasteiger partial charge in [-0.25, -0.2) is 13.8 Å². The van der Waals surface area contributed by atoms with Gasteiger partial charge in [0.25, 0.3) is 5.78 Å². The van der Waals surface area contributed by atoms with Gasteiger partial charge in [-0.1, -0.05) is 30.4 Å². The number of rotatable bonds is 6. The predicted molar refractivity (Wildman–Crippen MR) is 133 cm³/mol. The minimum Gasteiger partial charge on any atom is -0.507 e. The molecule has 1 amide bonds. The summed E-state index contributed by atoms with van der Waals surface area (Å²) in [6, 6.07) is 14.9. The van der Waals surface area contributed by atoms with Crippen LogP contribution >= 0.6 is 11.3 Å². The first kappa shape index (κ1) is 23.6. The van der Waals surface area contributed by atoms with Crippen LogP contribution in [0, 0.1) is 11.6 Å². The molecule has 2 heterocycles. The topological polar surface area (TPSA) is 79.7 Å². The number of anilines is 1. The first-order valence-corrected chi connectivity index (χ1v) is 12.0. The van der Waals surface area contributed by atoms with Gasteiger partial charge in [0.1, 0.15) is 23.1 Å². The van der Waals surface area contributed by atoms with Crippen molar-refractivity contribution < 1.29 is 28.2 Å². The highest BCUT2D eigenvalue weighted by atomic mass is 32.1. The molecule has 3 aromatic carbocycles. The first-order valence-electron chi connectivity index (χ1n) is 11.2. The molecule has 1 saturated heterocycles. The normalized spacial score (nSPS) is 17.2. The zero-order valence-corrected chi connectivity index (χ0v) is 19.9. The molecule has 0 bridgehead atoms. The smallest absolute Gasteiger partial charge is 0.301 e. The van der Waals surface area contributed by atoms with Crippen molar-refractivity contribution in [3.8, 4) is 5.75 Å². The van der Waals surface area contributed by atoms with E-state index < -0.39 is 35.1 Å². The summed E-state index contributed by atoms with van der Waals surface area (Å²) in [5.41, 5.74) is 1.04. The van der Waals surface area contributed by atoms with Crippen molar-refractivity contribution >= 4 is 44.1 Å². The molecule has 0 spiro atoms. The molecule has 0 aliphatic carbocycles. The molecule has 1 atom stereocenters. The molecular weight excluding hydrogens is 486 g/mol. The van der Waals surface area contributed by atoms with Crippen LogP contribution in [0.1, 0.15) is 30.5 Å². The van der Waals surface area contributed by atoms with Crippen molar-refractivity contribution in [2.24, 2.45) is 0 Å². The number of hydrogen-bond acceptors (Lipinski definition) is 6. The zero-order valence-electron chi connectivity index (χ0n) is 19.1. The van der Waals surface area contributed by atoms with E-state index in [4.69, 9.17) is 4.74 Å². The van der Waals surface area contributed by atoms with Gasteiger partial charge in [0, 0.05) is 5.56 Å². The van der Waals surface area contributed by atoms with Gasteiger partial charge in [-0.05, 0) is 66.6 Å². The SMILES string of the molecule is CCCOc1ccc([C@H]2/C(=C(\O)c3ccc(F)cc3)C(=O)C(=O)N2c2nc3ccc(F)cc3s2)cc1. The molecule has 1 aliphatic heterocycles. The maximum atomic E-state index is 13.8. The van der Waals surface area contributed by atoms with Gasteiger partial charge in [-0.3, -0.25) is 14.5 Å². The van der Waals surface area contributed by atoms with Gasteiger partial charge >= 0.3 is 5.91 Å². The number of halogens is 2. The predicted octanol–water partition coefficient (Wildman–Crippen LogP) is 5.99. The summed E-state index contributed by atoms with van der Waals surface area (Å²) in [5.74, 6) is -2.55. The molecule has 0 saturated carbocycles. The van der Waals surface area contributed by atoms with E-state index in [-0.39, 0.29) is 16.3 Å². The summed E-state index contributed by atoms with van der Waals surface area (Å²) in [4.78, 5) is 32.2. The molecular formula is C27H20F2N2O4S. The van der Waals surface area contributed by atoms with E-state index in [2.05, 4.69) is 4.98 Å². The Balaban J connectivity index is 1.67. The number of carbonyl (C=O) groups is 2. The second-order valence-electron chi connectivity index (χ2n) is 8.20. The van der Waals surface area contributed by atoms with Crippen molar-refractivity contribution in [3.05, 3.63) is 95.1 Å². The molecule has 6 nitrogen and oxygen atoms in total. The highest BCUT2D eigenvalue weighted by molar-refractivity contribution is 7.22. The van der Waals surface area contributed by atoms with Crippen molar-refractivity contribution in [1.82, 2.24) is 4.98 Å². The zero-order chi connectivity index (χ0) is 25.4. The number of nitrogens with zero attached hydrogens (tertiary/aromatic N) is 2. The van der Waals surface area contributed by atoms with Gasteiger partial charge in [0.05, 0.1) is 28.4 Å². The van der Waals surface area contributed by atoms with E-state index in [0.717, 1.165) is 29.9 Å². The number of benzene rings is 3. The molecule has 1 aliphatic rings. The van der Waals surface area contributed by atoms with E-state index >= 15 is 0 Å². The molecule has 0 radical (unpaired) electrons. The van der Waals surface area contributed by atoms with Gasteiger partial charge < -0.3 is 9.84 Å². The van der Waals surface area contributed by atoms with Crippen LogP contribution in [-0.4, -0.2) is 28.4 Å². The van der Waals surface area contributed by atoms with Crippen molar-refractivity contribution in [2.75, 3.05) is 11.5 Å². The average Bonchev–Trinajstić information content (AvgIpc) is 3.40. The van der Waals surface area contributed by atoms with Crippen molar-refractivity contribution in [2.45, 2.75) is 19.4 Å². The van der Waals surface area contributed by atoms with Gasteiger partial charge in [0.2, 0.25) is 0 Å². The Morgan fingerprint density at radius 3 is 2.42 bits per heavy atom. The Kier molecular flexibility index (Phi) is 6.24. The Morgan fingerprint density at radius 2 is 1.72 bits per heavy atom. The average molecular weight is 507 g/mol. The third kappa shape index (κ3) is 4.22. The van der Waals surface area contributed by atoms with E-state index in [0.29, 0.717) is 28.1 Å². The molecule has 1 fully saturated rings. The quantitative estimate of drug-likeness (QED) is 0.197. The Morgan fingerprint density at radius 1 is 1.03 bits per heavy atom. The summed E-state index contributed by atoms with van der Waals surface area (Å²) in [6.45, 7) is 2.52. The lowest BCUT2D eigenvalue weighted by atomic mass is 9.95. The van der Waals surface area contributed by atoms with E-state index in [1.807, 2.05) is 6.92 Å². The number of aliphatic hydroxyl groups is 1. The summed E-state index contributed by atoms with van der Waals surface area (Å²) < 4.78 is 33.4. The number of ketones is 1. The second kappa shape index (κ2) is 9.50. The maximum Gasteiger partial charge on any atom is 0.301 e. The van der Waals surface area contributed by atoms with Crippen LogP contribution in [0.5, 0.6) is 5.75 Å². The molecule has 36 heavy (non-hydrogen) atoms. The Labute approximate surface area is 209 Å². The number of amides is 1. The van der Waals surface area contributed by atoms with Crippen molar-refractivity contribution in [3.63, 3.8) is 0 Å². The lowest BCUT2D eigenvalue weighted by Gasteiger charge is -2.23. The number of carbonyl (C=O) groups excluding carboxylic acids is 2. The van der Waals surface area contributed by atoms with Crippen LogP contribution in [0.4, 0.5) is 13.9 Å². The number of fused-ring (bicyclic) bond motifs is 1. The lowest BCUT2D eigenvalue weighted by molar-refractivity contribution is -0.132. The summed E-state index contributed by atoms with van der Waals surface area (Å²) in [5, 5.41) is 11.3. The molecule has 0 unspecified atom stereocenters. The summed E-state index contributed by atoms with van der Waals surface area (Å²) in [7, 11) is 0. The number of aliphatic hydroxyl groups excluding tert-OH is 1. The van der Waals surface area contributed by atoms with Crippen molar-refractivity contribution in [1.29, 1.82) is 0 Å². The third-order valence-corrected chi connectivity index (χ3v) is 6.79. The number of Topliss-reactive ketones (excluding diaryl/α,β-unsaturated/α-hetero) is 1. The number of hydrogen-bond donors (Lipinski definition) is 1. The summed E-state index contributed by atoms with van der Waals surface area (Å²) >= 11 is 1.06. The third-order valence-electron chi connectivity index (χ3n) is 5.78. The van der Waals surface area contributed by atoms with E-state index in [1.54, 1.807) is 24.3 Å². The number of ether oxygens (including phenoxy) is 1. The fraction of sp³-hybridized carbons (Fsp3) is 0.148. The van der Waals surface area contributed by atoms with Gasteiger partial charge in [-0.15, -0.1) is 0 Å². The second-order valence-corrected chi connectivity index (χ2v) is 9.21. The molecule has 5 rings (SSSR count). The minimum absolute atomic E-state index is 0.153. The highest BCUT2D eigenvalue weighted by Gasteiger charge is 2.48. The fourth-order valence-electron chi connectivity index (χ4n) is 4.06. The van der Waals surface area contributed by atoms with Gasteiger partial charge in [-0.2, -0.15) is 0 Å². The standard InChI is InChI=1S/C27H20F2N2O4S/c1-2-13-35-19-10-5-15(6-11-19)23-22(24(32)16-3-7-17(28)8-4-16)25(33)26(34)31(23)27-30-20-12-9-18(29)14-21(20)36-27/h3-12,14,23,32H,2,13H2,1H3/b24-22+/t23-/m0/s1. The lowest BCUT2D eigenvalue weighted by Crippen LogP contribution is -2.29. The maximum absolute atomic E-state index is 13.8. The van der Waals surface area contributed by atoms with E-state index in [9.17, 15) is 23.5 Å². The van der Waals surface area contributed by atoms with Crippen LogP contribution in [0.15, 0.2) is 72.3 Å². The van der Waals surface area contributed by atoms with Crippen LogP contribution < -0.4 is 9.64 Å². The molecule has 1 N–H and O–H groups in total. The Bertz CT molecular complexity index is 1500. The number of aromatic nitrogens is 1. The fourth-order valence-corrected chi connectivity index (χ4v) is 5.08. The number of thiazole rings is 1. The molecule has 1 aromatic heterocycles. The van der Waals surface area contributed by atoms with Crippen LogP contribution in [0.3, 0.4) is 0 Å². The molecule has 182 valence electrons. The largest absolute Gasteiger partial charge is 0.507 e. The minimum atomic E-state index is -1.01. The summed E-state index contributed by atoms with van der Waals surface area (Å²) in [6.07, 6.45) is 0.831. The molecule has 4 aromatic rings.